The minimum Gasteiger partial charge on any atom is -0.467 e. The van der Waals surface area contributed by atoms with E-state index in [1.807, 2.05) is 7.05 Å². The van der Waals surface area contributed by atoms with Gasteiger partial charge in [0.1, 0.15) is 11.2 Å². The molecule has 1 aromatic carbocycles. The Balaban J connectivity index is 1.49. The summed E-state index contributed by atoms with van der Waals surface area (Å²) in [7, 11) is 3.76. The van der Waals surface area contributed by atoms with E-state index in [9.17, 15) is 9.59 Å². The van der Waals surface area contributed by atoms with Gasteiger partial charge in [-0.1, -0.05) is 0 Å². The lowest BCUT2D eigenvalue weighted by atomic mass is 9.77. The molecule has 10 heteroatoms. The summed E-state index contributed by atoms with van der Waals surface area (Å²) in [6.45, 7) is 1.62. The minimum absolute atomic E-state index is 0.0257. The molecule has 4 unspecified atom stereocenters. The van der Waals surface area contributed by atoms with Crippen LogP contribution in [0.1, 0.15) is 19.3 Å². The molecule has 2 saturated carbocycles. The smallest absolute Gasteiger partial charge is 0.467 e. The zero-order chi connectivity index (χ0) is 22.4. The quantitative estimate of drug-likeness (QED) is 0.694. The molecule has 170 valence electrons. The Morgan fingerprint density at radius 2 is 2.22 bits per heavy atom. The van der Waals surface area contributed by atoms with E-state index in [4.69, 9.17) is 9.84 Å². The van der Waals surface area contributed by atoms with Crippen molar-refractivity contribution in [2.45, 2.75) is 24.8 Å². The monoisotopic (exact) mass is 444 g/mol. The first-order valence-corrected chi connectivity index (χ1v) is 10.9. The number of carbonyl (C=O) groups is 1. The molecule has 0 amide bonds. The lowest BCUT2D eigenvalue weighted by Crippen LogP contribution is -2.48. The van der Waals surface area contributed by atoms with Crippen LogP contribution in [-0.4, -0.2) is 55.4 Å². The number of aromatic nitrogens is 1. The van der Waals surface area contributed by atoms with Crippen molar-refractivity contribution in [3.05, 3.63) is 28.3 Å². The minimum atomic E-state index is -1.60. The molecule has 4 aliphatic rings. The number of hydrogen-bond donors (Lipinski definition) is 2. The van der Waals surface area contributed by atoms with Crippen molar-refractivity contribution in [2.24, 2.45) is 17.8 Å². The summed E-state index contributed by atoms with van der Waals surface area (Å²) in [4.78, 5) is 26.0. The standard InChI is InChI=1S/C22H25FN4O5/c1-24-22-4-3-11(6-22)13-7-26(8-14(13)22)18-15(23)5-12-17-20(18)31-10-25(2)27(17)9-16(19(12)28)32-21(29)30/h5,9,11,13-14,24H,3-4,6-8,10H2,1-2H3,(H,29,30). The Morgan fingerprint density at radius 1 is 1.41 bits per heavy atom. The van der Waals surface area contributed by atoms with Crippen LogP contribution in [0.2, 0.25) is 0 Å². The number of benzene rings is 1. The van der Waals surface area contributed by atoms with Gasteiger partial charge in [0.15, 0.2) is 18.3 Å². The maximum absolute atomic E-state index is 15.6. The van der Waals surface area contributed by atoms with Crippen molar-refractivity contribution in [1.82, 2.24) is 9.99 Å². The van der Waals surface area contributed by atoms with Crippen LogP contribution in [-0.2, 0) is 0 Å². The van der Waals surface area contributed by atoms with Gasteiger partial charge < -0.3 is 24.8 Å². The highest BCUT2D eigenvalue weighted by Gasteiger charge is 2.60. The third-order valence-electron chi connectivity index (χ3n) is 8.16. The number of pyridine rings is 1. The predicted octanol–water partition coefficient (Wildman–Crippen LogP) is 1.94. The molecule has 2 aliphatic heterocycles. The third-order valence-corrected chi connectivity index (χ3v) is 8.16. The van der Waals surface area contributed by atoms with Crippen LogP contribution in [0.4, 0.5) is 14.9 Å². The van der Waals surface area contributed by atoms with Crippen LogP contribution >= 0.6 is 0 Å². The first-order chi connectivity index (χ1) is 15.3. The summed E-state index contributed by atoms with van der Waals surface area (Å²) >= 11 is 0. The van der Waals surface area contributed by atoms with Gasteiger partial charge >= 0.3 is 6.16 Å². The molecule has 32 heavy (non-hydrogen) atoms. The molecule has 6 rings (SSSR count). The molecule has 3 heterocycles. The van der Waals surface area contributed by atoms with Gasteiger partial charge in [-0.05, 0) is 50.1 Å². The molecular formula is C22H25FN4O5. The van der Waals surface area contributed by atoms with Gasteiger partial charge in [0, 0.05) is 25.7 Å². The van der Waals surface area contributed by atoms with E-state index in [1.54, 1.807) is 16.7 Å². The molecule has 2 bridgehead atoms. The molecule has 2 aromatic rings. The molecule has 0 spiro atoms. The highest BCUT2D eigenvalue weighted by Crippen LogP contribution is 2.58. The number of halogens is 1. The summed E-state index contributed by atoms with van der Waals surface area (Å²) in [6, 6.07) is 1.18. The van der Waals surface area contributed by atoms with E-state index >= 15 is 4.39 Å². The Morgan fingerprint density at radius 3 is 2.97 bits per heavy atom. The fourth-order valence-electron chi connectivity index (χ4n) is 6.76. The second-order valence-corrected chi connectivity index (χ2v) is 9.48. The summed E-state index contributed by atoms with van der Waals surface area (Å²) in [6.07, 6.45) is 3.27. The number of ether oxygens (including phenoxy) is 2. The molecule has 1 saturated heterocycles. The first kappa shape index (κ1) is 19.7. The van der Waals surface area contributed by atoms with Crippen LogP contribution in [0, 0.1) is 23.6 Å². The largest absolute Gasteiger partial charge is 0.511 e. The van der Waals surface area contributed by atoms with E-state index in [0.29, 0.717) is 34.7 Å². The highest BCUT2D eigenvalue weighted by molar-refractivity contribution is 5.93. The SMILES string of the molecule is CNC12CCC(C1)C1CN(c3c(F)cc4c(=O)c(OC(=O)O)cn5c4c3OCN5C)CC12. The van der Waals surface area contributed by atoms with Gasteiger partial charge in [-0.25, -0.2) is 9.18 Å². The number of anilines is 1. The zero-order valence-electron chi connectivity index (χ0n) is 17.9. The maximum Gasteiger partial charge on any atom is 0.511 e. The summed E-state index contributed by atoms with van der Waals surface area (Å²) < 4.78 is 27.8. The lowest BCUT2D eigenvalue weighted by molar-refractivity contribution is 0.143. The van der Waals surface area contributed by atoms with Crippen molar-refractivity contribution in [1.29, 1.82) is 0 Å². The number of carboxylic acid groups (broad SMARTS) is 1. The molecule has 2 N–H and O–H groups in total. The van der Waals surface area contributed by atoms with E-state index in [2.05, 4.69) is 15.0 Å². The van der Waals surface area contributed by atoms with E-state index in [0.717, 1.165) is 19.5 Å². The van der Waals surface area contributed by atoms with Gasteiger partial charge in [0.2, 0.25) is 11.2 Å². The van der Waals surface area contributed by atoms with Crippen molar-refractivity contribution in [3.8, 4) is 11.5 Å². The van der Waals surface area contributed by atoms with Gasteiger partial charge in [0.25, 0.3) is 0 Å². The Labute approximate surface area is 183 Å². The van der Waals surface area contributed by atoms with Crippen LogP contribution in [0.5, 0.6) is 11.5 Å². The first-order valence-electron chi connectivity index (χ1n) is 10.9. The predicted molar refractivity (Wildman–Crippen MR) is 115 cm³/mol. The molecule has 3 fully saturated rings. The number of nitrogens with one attached hydrogen (secondary N) is 1. The van der Waals surface area contributed by atoms with E-state index in [-0.39, 0.29) is 23.4 Å². The average Bonchev–Trinajstić information content (AvgIpc) is 3.44. The number of nitrogens with zero attached hydrogens (tertiary/aromatic N) is 3. The van der Waals surface area contributed by atoms with Gasteiger partial charge in [0.05, 0.1) is 11.6 Å². The number of hydrogen-bond acceptors (Lipinski definition) is 7. The topological polar surface area (TPSA) is 96.3 Å². The van der Waals surface area contributed by atoms with Gasteiger partial charge in [-0.2, -0.15) is 0 Å². The van der Waals surface area contributed by atoms with Crippen LogP contribution in [0.15, 0.2) is 17.1 Å². The molecular weight excluding hydrogens is 419 g/mol. The molecule has 1 aromatic heterocycles. The Bertz CT molecular complexity index is 1220. The van der Waals surface area contributed by atoms with Crippen molar-refractivity contribution < 1.29 is 23.8 Å². The number of rotatable bonds is 3. The summed E-state index contributed by atoms with van der Waals surface area (Å²) in [5.74, 6) is 1.02. The van der Waals surface area contributed by atoms with Gasteiger partial charge in [-0.3, -0.25) is 14.5 Å². The second kappa shape index (κ2) is 6.50. The number of fused-ring (bicyclic) bond motifs is 5. The van der Waals surface area contributed by atoms with Crippen molar-refractivity contribution in [2.75, 3.05) is 43.8 Å². The Kier molecular flexibility index (Phi) is 4.00. The fourth-order valence-corrected chi connectivity index (χ4v) is 6.76. The van der Waals surface area contributed by atoms with Crippen molar-refractivity contribution in [3.63, 3.8) is 0 Å². The lowest BCUT2D eigenvalue weighted by Gasteiger charge is -2.36. The van der Waals surface area contributed by atoms with E-state index < -0.39 is 17.4 Å². The molecule has 0 radical (unpaired) electrons. The molecule has 2 aliphatic carbocycles. The third kappa shape index (κ3) is 2.47. The van der Waals surface area contributed by atoms with Crippen molar-refractivity contribution >= 4 is 22.7 Å². The molecule has 4 atom stereocenters. The van der Waals surface area contributed by atoms with E-state index in [1.165, 1.54) is 25.1 Å². The Hall–Kier alpha value is -3.01. The van der Waals surface area contributed by atoms with Crippen LogP contribution in [0.3, 0.4) is 0 Å². The fraction of sp³-hybridized carbons (Fsp3) is 0.545. The molecule has 9 nitrogen and oxygen atoms in total. The second-order valence-electron chi connectivity index (χ2n) is 9.48. The highest BCUT2D eigenvalue weighted by atomic mass is 19.1. The van der Waals surface area contributed by atoms with Gasteiger partial charge in [-0.15, -0.1) is 0 Å². The average molecular weight is 444 g/mol. The van der Waals surface area contributed by atoms with Crippen LogP contribution in [0.25, 0.3) is 10.9 Å². The normalized spacial score (nSPS) is 30.0. The van der Waals surface area contributed by atoms with Crippen LogP contribution < -0.4 is 30.1 Å². The maximum atomic E-state index is 15.6. The summed E-state index contributed by atoms with van der Waals surface area (Å²) in [5.41, 5.74) is 0.239. The zero-order valence-corrected chi connectivity index (χ0v) is 17.9. The summed E-state index contributed by atoms with van der Waals surface area (Å²) in [5, 5.41) is 14.2.